The number of aromatic nitrogens is 3. The fourth-order valence-electron chi connectivity index (χ4n) is 1.60. The molecule has 0 saturated heterocycles. The molecule has 1 aromatic carbocycles. The Bertz CT molecular complexity index is 664. The number of nitrogens with one attached hydrogen (secondary N) is 1. The number of H-pyrrole nitrogens is 1. The van der Waals surface area contributed by atoms with Gasteiger partial charge in [0, 0.05) is 9.89 Å². The maximum absolute atomic E-state index is 5.20. The molecule has 1 aromatic heterocycles. The summed E-state index contributed by atoms with van der Waals surface area (Å²) >= 11 is 8.64. The third-order valence-corrected chi connectivity index (χ3v) is 3.25. The van der Waals surface area contributed by atoms with Crippen LogP contribution in [0.4, 0.5) is 0 Å². The maximum atomic E-state index is 5.20. The van der Waals surface area contributed by atoms with E-state index in [0.717, 1.165) is 15.9 Å². The topological polar surface area (TPSA) is 46.0 Å². The van der Waals surface area contributed by atoms with Crippen molar-refractivity contribution < 1.29 is 0 Å². The highest BCUT2D eigenvalue weighted by Gasteiger charge is 2.21. The van der Waals surface area contributed by atoms with Gasteiger partial charge in [-0.25, -0.2) is 0 Å². The van der Waals surface area contributed by atoms with Crippen molar-refractivity contribution in [3.63, 3.8) is 0 Å². The molecule has 0 bridgehead atoms. The zero-order valence-corrected chi connectivity index (χ0v) is 13.4. The lowest BCUT2D eigenvalue weighted by molar-refractivity contribution is 0.516. The molecule has 0 aliphatic rings. The lowest BCUT2D eigenvalue weighted by Gasteiger charge is -2.15. The van der Waals surface area contributed by atoms with Crippen LogP contribution in [0.1, 0.15) is 32.2 Å². The molecule has 0 amide bonds. The first-order valence-electron chi connectivity index (χ1n) is 5.86. The third-order valence-electron chi connectivity index (χ3n) is 2.49. The van der Waals surface area contributed by atoms with E-state index in [1.54, 1.807) is 10.9 Å². The summed E-state index contributed by atoms with van der Waals surface area (Å²) in [4.78, 5) is 0. The second kappa shape index (κ2) is 5.38. The Morgan fingerprint density at radius 2 is 2.16 bits per heavy atom. The Labute approximate surface area is 125 Å². The van der Waals surface area contributed by atoms with E-state index in [2.05, 4.69) is 52.0 Å². The first kappa shape index (κ1) is 14.1. The van der Waals surface area contributed by atoms with E-state index < -0.39 is 0 Å². The Hall–Kier alpha value is -1.27. The zero-order valence-electron chi connectivity index (χ0n) is 11.0. The third kappa shape index (κ3) is 3.39. The van der Waals surface area contributed by atoms with Gasteiger partial charge in [0.05, 0.1) is 6.21 Å². The van der Waals surface area contributed by atoms with E-state index in [9.17, 15) is 0 Å². The van der Waals surface area contributed by atoms with E-state index in [4.69, 9.17) is 12.2 Å². The monoisotopic (exact) mass is 338 g/mol. The molecule has 1 heterocycles. The largest absolute Gasteiger partial charge is 0.250 e. The van der Waals surface area contributed by atoms with Gasteiger partial charge in [-0.3, -0.25) is 5.10 Å². The Morgan fingerprint density at radius 1 is 1.42 bits per heavy atom. The summed E-state index contributed by atoms with van der Waals surface area (Å²) < 4.78 is 3.18. The van der Waals surface area contributed by atoms with Crippen LogP contribution in [-0.4, -0.2) is 21.1 Å². The average Bonchev–Trinajstić information content (AvgIpc) is 2.68. The van der Waals surface area contributed by atoms with Gasteiger partial charge >= 0.3 is 0 Å². The van der Waals surface area contributed by atoms with Gasteiger partial charge in [0.1, 0.15) is 0 Å². The minimum absolute atomic E-state index is 0.123. The summed E-state index contributed by atoms with van der Waals surface area (Å²) in [5.41, 5.74) is 0.875. The van der Waals surface area contributed by atoms with Gasteiger partial charge in [-0.2, -0.15) is 14.9 Å². The van der Waals surface area contributed by atoms with Gasteiger partial charge in [-0.1, -0.05) is 48.8 Å². The predicted molar refractivity (Wildman–Crippen MR) is 83.2 cm³/mol. The molecular formula is C13H15BrN4S. The molecule has 2 rings (SSSR count). The van der Waals surface area contributed by atoms with Gasteiger partial charge in [0.15, 0.2) is 5.82 Å². The van der Waals surface area contributed by atoms with Crippen LogP contribution < -0.4 is 0 Å². The first-order chi connectivity index (χ1) is 8.88. The fraction of sp³-hybridized carbons (Fsp3) is 0.308. The van der Waals surface area contributed by atoms with E-state index in [1.807, 2.05) is 24.3 Å². The quantitative estimate of drug-likeness (QED) is 0.667. The fourth-order valence-corrected chi connectivity index (χ4v) is 2.19. The molecule has 4 nitrogen and oxygen atoms in total. The molecule has 1 N–H and O–H groups in total. The molecule has 0 unspecified atom stereocenters. The molecular weight excluding hydrogens is 324 g/mol. The smallest absolute Gasteiger partial charge is 0.216 e. The van der Waals surface area contributed by atoms with Crippen LogP contribution in [-0.2, 0) is 5.41 Å². The highest BCUT2D eigenvalue weighted by Crippen LogP contribution is 2.19. The standard InChI is InChI=1S/C13H15BrN4S/c1-13(2,3)11-16-17-12(19)18(11)15-8-9-5-4-6-10(14)7-9/h4-8H,1-3H3,(H,17,19)/b15-8-. The predicted octanol–water partition coefficient (Wildman–Crippen LogP) is 3.88. The Kier molecular flexibility index (Phi) is 4.01. The number of rotatable bonds is 2. The molecule has 0 spiro atoms. The lowest BCUT2D eigenvalue weighted by atomic mass is 9.96. The van der Waals surface area contributed by atoms with Gasteiger partial charge in [0.2, 0.25) is 4.77 Å². The number of benzene rings is 1. The van der Waals surface area contributed by atoms with Crippen LogP contribution in [0, 0.1) is 4.77 Å². The van der Waals surface area contributed by atoms with Gasteiger partial charge < -0.3 is 0 Å². The van der Waals surface area contributed by atoms with E-state index in [0.29, 0.717) is 4.77 Å². The molecule has 0 saturated carbocycles. The molecule has 0 aliphatic carbocycles. The van der Waals surface area contributed by atoms with Gasteiger partial charge in [-0.05, 0) is 29.9 Å². The SMILES string of the molecule is CC(C)(C)c1n[nH]c(=S)n1/N=C\c1cccc(Br)c1. The number of aromatic amines is 1. The molecule has 100 valence electrons. The van der Waals surface area contributed by atoms with Crippen molar-refractivity contribution in [2.45, 2.75) is 26.2 Å². The molecule has 19 heavy (non-hydrogen) atoms. The Balaban J connectivity index is 2.39. The normalized spacial score (nSPS) is 12.2. The van der Waals surface area contributed by atoms with Crippen LogP contribution in [0.3, 0.4) is 0 Å². The van der Waals surface area contributed by atoms with Crippen molar-refractivity contribution in [2.24, 2.45) is 5.10 Å². The first-order valence-corrected chi connectivity index (χ1v) is 7.06. The molecule has 0 atom stereocenters. The number of hydrogen-bond donors (Lipinski definition) is 1. The van der Waals surface area contributed by atoms with Crippen molar-refractivity contribution in [2.75, 3.05) is 0 Å². The van der Waals surface area contributed by atoms with Crippen LogP contribution in [0.15, 0.2) is 33.8 Å². The molecule has 2 aromatic rings. The summed E-state index contributed by atoms with van der Waals surface area (Å²) in [5, 5.41) is 11.4. The van der Waals surface area contributed by atoms with E-state index >= 15 is 0 Å². The molecule has 6 heteroatoms. The van der Waals surface area contributed by atoms with E-state index in [1.165, 1.54) is 0 Å². The lowest BCUT2D eigenvalue weighted by Crippen LogP contribution is -2.17. The average molecular weight is 339 g/mol. The van der Waals surface area contributed by atoms with Crippen LogP contribution in [0.2, 0.25) is 0 Å². The highest BCUT2D eigenvalue weighted by atomic mass is 79.9. The summed E-state index contributed by atoms with van der Waals surface area (Å²) in [5.74, 6) is 0.809. The van der Waals surface area contributed by atoms with Gasteiger partial charge in [0.25, 0.3) is 0 Å². The van der Waals surface area contributed by atoms with Crippen molar-refractivity contribution >= 4 is 34.4 Å². The highest BCUT2D eigenvalue weighted by molar-refractivity contribution is 9.10. The van der Waals surface area contributed by atoms with Crippen LogP contribution in [0.25, 0.3) is 0 Å². The minimum atomic E-state index is -0.123. The Morgan fingerprint density at radius 3 is 2.79 bits per heavy atom. The number of nitrogens with zero attached hydrogens (tertiary/aromatic N) is 3. The second-order valence-corrected chi connectivity index (χ2v) is 6.52. The number of hydrogen-bond acceptors (Lipinski definition) is 3. The van der Waals surface area contributed by atoms with Crippen LogP contribution in [0.5, 0.6) is 0 Å². The van der Waals surface area contributed by atoms with E-state index in [-0.39, 0.29) is 5.41 Å². The maximum Gasteiger partial charge on any atom is 0.216 e. The minimum Gasteiger partial charge on any atom is -0.250 e. The summed E-state index contributed by atoms with van der Waals surface area (Å²) in [6, 6.07) is 7.91. The van der Waals surface area contributed by atoms with Crippen LogP contribution >= 0.6 is 28.1 Å². The zero-order chi connectivity index (χ0) is 14.0. The number of halogens is 1. The summed E-state index contributed by atoms with van der Waals surface area (Å²) in [6.07, 6.45) is 1.77. The van der Waals surface area contributed by atoms with Crippen molar-refractivity contribution in [3.8, 4) is 0 Å². The summed E-state index contributed by atoms with van der Waals surface area (Å²) in [7, 11) is 0. The second-order valence-electron chi connectivity index (χ2n) is 5.21. The molecule has 0 fully saturated rings. The van der Waals surface area contributed by atoms with Crippen molar-refractivity contribution in [3.05, 3.63) is 44.9 Å². The molecule has 0 radical (unpaired) electrons. The van der Waals surface area contributed by atoms with Crippen molar-refractivity contribution in [1.29, 1.82) is 0 Å². The van der Waals surface area contributed by atoms with Crippen molar-refractivity contribution in [1.82, 2.24) is 14.9 Å². The van der Waals surface area contributed by atoms with Gasteiger partial charge in [-0.15, -0.1) is 0 Å². The summed E-state index contributed by atoms with van der Waals surface area (Å²) in [6.45, 7) is 6.22. The molecule has 0 aliphatic heterocycles.